The van der Waals surface area contributed by atoms with Gasteiger partial charge in [0, 0.05) is 11.1 Å². The van der Waals surface area contributed by atoms with Crippen molar-refractivity contribution in [1.29, 1.82) is 0 Å². The number of nitrogens with one attached hydrogen (secondary N) is 2. The van der Waals surface area contributed by atoms with Crippen LogP contribution < -0.4 is 19.6 Å². The van der Waals surface area contributed by atoms with Gasteiger partial charge in [0.25, 0.3) is 0 Å². The summed E-state index contributed by atoms with van der Waals surface area (Å²) in [6.45, 7) is 2.05. The fourth-order valence-corrected chi connectivity index (χ4v) is 3.39. The first-order chi connectivity index (χ1) is 14.6. The molecule has 0 bridgehead atoms. The Bertz CT molecular complexity index is 1100. The molecule has 1 aliphatic heterocycles. The number of hydrogen-bond donors (Lipinski definition) is 2. The molecule has 0 aliphatic carbocycles. The zero-order valence-electron chi connectivity index (χ0n) is 16.3. The van der Waals surface area contributed by atoms with Crippen LogP contribution in [-0.4, -0.2) is 46.3 Å². The standard InChI is InChI=1S/C20H19N5O4S/c1-12(13-4-3-5-15(8-13)27-2)22-23-19-21-20(25-24-19)30-10-16(26)14-6-7-17-18(9-14)29-11-28-17/h3-9H,10-11H2,1-2H3,(H2,21,23,24,25)/b22-12+. The summed E-state index contributed by atoms with van der Waals surface area (Å²) in [5.74, 6) is 2.52. The van der Waals surface area contributed by atoms with Crippen LogP contribution in [0.5, 0.6) is 17.2 Å². The van der Waals surface area contributed by atoms with Crippen LogP contribution in [0.15, 0.2) is 52.7 Å². The van der Waals surface area contributed by atoms with Gasteiger partial charge in [-0.1, -0.05) is 23.9 Å². The molecule has 0 unspecified atom stereocenters. The minimum atomic E-state index is -0.0514. The molecule has 3 aromatic rings. The number of nitrogens with zero attached hydrogens (tertiary/aromatic N) is 3. The molecule has 2 aromatic carbocycles. The number of rotatable bonds is 8. The van der Waals surface area contributed by atoms with Crippen molar-refractivity contribution in [3.63, 3.8) is 0 Å². The quantitative estimate of drug-likeness (QED) is 0.245. The Balaban J connectivity index is 1.33. The van der Waals surface area contributed by atoms with E-state index >= 15 is 0 Å². The first kappa shape index (κ1) is 19.8. The first-order valence-corrected chi connectivity index (χ1v) is 10.0. The second-order valence-electron chi connectivity index (χ2n) is 6.29. The lowest BCUT2D eigenvalue weighted by Gasteiger charge is -2.04. The summed E-state index contributed by atoms with van der Waals surface area (Å²) >= 11 is 1.23. The molecule has 2 heterocycles. The van der Waals surface area contributed by atoms with E-state index in [4.69, 9.17) is 14.2 Å². The lowest BCUT2D eigenvalue weighted by atomic mass is 10.1. The molecular weight excluding hydrogens is 406 g/mol. The van der Waals surface area contributed by atoms with Crippen LogP contribution in [0.2, 0.25) is 0 Å². The van der Waals surface area contributed by atoms with E-state index in [0.717, 1.165) is 17.0 Å². The number of anilines is 1. The molecule has 0 saturated carbocycles. The number of carbonyl (C=O) groups excluding carboxylic acids is 1. The molecule has 0 atom stereocenters. The first-order valence-electron chi connectivity index (χ1n) is 9.05. The number of fused-ring (bicyclic) bond motifs is 1. The molecule has 0 radical (unpaired) electrons. The van der Waals surface area contributed by atoms with Gasteiger partial charge in [0.1, 0.15) is 5.75 Å². The van der Waals surface area contributed by atoms with Crippen LogP contribution in [0.1, 0.15) is 22.8 Å². The van der Waals surface area contributed by atoms with Crippen molar-refractivity contribution in [3.05, 3.63) is 53.6 Å². The summed E-state index contributed by atoms with van der Waals surface area (Å²) in [6.07, 6.45) is 0. The maximum atomic E-state index is 12.4. The molecule has 1 aliphatic rings. The molecular formula is C20H19N5O4S. The maximum absolute atomic E-state index is 12.4. The van der Waals surface area contributed by atoms with E-state index in [0.29, 0.717) is 28.2 Å². The third-order valence-electron chi connectivity index (χ3n) is 4.31. The zero-order chi connectivity index (χ0) is 20.9. The van der Waals surface area contributed by atoms with Crippen LogP contribution in [0, 0.1) is 0 Å². The average Bonchev–Trinajstić information content (AvgIpc) is 3.44. The molecule has 10 heteroatoms. The molecule has 0 spiro atoms. The van der Waals surface area contributed by atoms with Crippen LogP contribution in [-0.2, 0) is 0 Å². The SMILES string of the molecule is COc1cccc(/C(C)=N/Nc2nc(SCC(=O)c3ccc4c(c3)OCO4)n[nH]2)c1. The molecule has 0 saturated heterocycles. The molecule has 154 valence electrons. The van der Waals surface area contributed by atoms with Crippen molar-refractivity contribution in [2.24, 2.45) is 5.10 Å². The van der Waals surface area contributed by atoms with Crippen LogP contribution in [0.3, 0.4) is 0 Å². The highest BCUT2D eigenvalue weighted by Crippen LogP contribution is 2.33. The summed E-state index contributed by atoms with van der Waals surface area (Å²) in [4.78, 5) is 16.7. The molecule has 9 nitrogen and oxygen atoms in total. The van der Waals surface area contributed by atoms with E-state index in [2.05, 4.69) is 25.7 Å². The highest BCUT2D eigenvalue weighted by molar-refractivity contribution is 7.99. The minimum absolute atomic E-state index is 0.0514. The predicted molar refractivity (Wildman–Crippen MR) is 113 cm³/mol. The number of thioether (sulfide) groups is 1. The number of Topliss-reactive ketones (excluding diaryl/α,β-unsaturated/α-hetero) is 1. The highest BCUT2D eigenvalue weighted by Gasteiger charge is 2.17. The molecule has 0 fully saturated rings. The van der Waals surface area contributed by atoms with Crippen molar-refractivity contribution < 1.29 is 19.0 Å². The van der Waals surface area contributed by atoms with Gasteiger partial charge in [-0.2, -0.15) is 10.1 Å². The molecule has 1 aromatic heterocycles. The summed E-state index contributed by atoms with van der Waals surface area (Å²) in [7, 11) is 1.62. The van der Waals surface area contributed by atoms with Crippen LogP contribution in [0.4, 0.5) is 5.95 Å². The van der Waals surface area contributed by atoms with Gasteiger partial charge in [0.15, 0.2) is 17.3 Å². The number of carbonyl (C=O) groups is 1. The topological polar surface area (TPSA) is 111 Å². The van der Waals surface area contributed by atoms with Crippen molar-refractivity contribution in [3.8, 4) is 17.2 Å². The van der Waals surface area contributed by atoms with E-state index in [1.54, 1.807) is 25.3 Å². The Kier molecular flexibility index (Phi) is 5.84. The fraction of sp³-hybridized carbons (Fsp3) is 0.200. The van der Waals surface area contributed by atoms with Gasteiger partial charge in [-0.05, 0) is 37.3 Å². The molecule has 30 heavy (non-hydrogen) atoms. The Morgan fingerprint density at radius 2 is 2.10 bits per heavy atom. The lowest BCUT2D eigenvalue weighted by molar-refractivity contribution is 0.102. The van der Waals surface area contributed by atoms with Crippen molar-refractivity contribution in [2.45, 2.75) is 12.1 Å². The van der Waals surface area contributed by atoms with E-state index in [9.17, 15) is 4.79 Å². The average molecular weight is 425 g/mol. The summed E-state index contributed by atoms with van der Waals surface area (Å²) in [5, 5.41) is 11.6. The largest absolute Gasteiger partial charge is 0.497 e. The monoisotopic (exact) mass is 425 g/mol. The number of H-pyrrole nitrogens is 1. The smallest absolute Gasteiger partial charge is 0.240 e. The number of benzene rings is 2. The Morgan fingerprint density at radius 1 is 1.23 bits per heavy atom. The highest BCUT2D eigenvalue weighted by atomic mass is 32.2. The molecule has 2 N–H and O–H groups in total. The van der Waals surface area contributed by atoms with E-state index in [-0.39, 0.29) is 18.3 Å². The van der Waals surface area contributed by atoms with Crippen LogP contribution >= 0.6 is 11.8 Å². The number of hydrazone groups is 1. The van der Waals surface area contributed by atoms with Gasteiger partial charge >= 0.3 is 0 Å². The Labute approximate surface area is 176 Å². The van der Waals surface area contributed by atoms with Gasteiger partial charge in [-0.15, -0.1) is 5.10 Å². The van der Waals surface area contributed by atoms with E-state index in [1.807, 2.05) is 31.2 Å². The third-order valence-corrected chi connectivity index (χ3v) is 5.16. The van der Waals surface area contributed by atoms with Crippen molar-refractivity contribution in [1.82, 2.24) is 15.2 Å². The van der Waals surface area contributed by atoms with Crippen molar-refractivity contribution >= 4 is 29.2 Å². The second-order valence-corrected chi connectivity index (χ2v) is 7.23. The summed E-state index contributed by atoms with van der Waals surface area (Å²) in [5.41, 5.74) is 5.08. The molecule has 4 rings (SSSR count). The minimum Gasteiger partial charge on any atom is -0.497 e. The second kappa shape index (κ2) is 8.87. The fourth-order valence-electron chi connectivity index (χ4n) is 2.69. The van der Waals surface area contributed by atoms with Gasteiger partial charge in [0.05, 0.1) is 18.6 Å². The Morgan fingerprint density at radius 3 is 2.97 bits per heavy atom. The maximum Gasteiger partial charge on any atom is 0.240 e. The van der Waals surface area contributed by atoms with E-state index in [1.165, 1.54) is 11.8 Å². The lowest BCUT2D eigenvalue weighted by Crippen LogP contribution is -2.02. The Hall–Kier alpha value is -3.53. The summed E-state index contributed by atoms with van der Waals surface area (Å²) < 4.78 is 15.8. The van der Waals surface area contributed by atoms with E-state index < -0.39 is 0 Å². The number of aromatic nitrogens is 3. The summed E-state index contributed by atoms with van der Waals surface area (Å²) in [6, 6.07) is 12.7. The van der Waals surface area contributed by atoms with Gasteiger partial charge in [-0.3, -0.25) is 4.79 Å². The van der Waals surface area contributed by atoms with Crippen LogP contribution in [0.25, 0.3) is 0 Å². The number of ketones is 1. The number of aromatic amines is 1. The number of ether oxygens (including phenoxy) is 3. The number of hydrogen-bond acceptors (Lipinski definition) is 9. The zero-order valence-corrected chi connectivity index (χ0v) is 17.2. The van der Waals surface area contributed by atoms with Gasteiger partial charge in [0.2, 0.25) is 17.9 Å². The normalized spacial score (nSPS) is 12.7. The van der Waals surface area contributed by atoms with Crippen molar-refractivity contribution in [2.75, 3.05) is 25.1 Å². The van der Waals surface area contributed by atoms with Gasteiger partial charge in [-0.25, -0.2) is 10.5 Å². The van der Waals surface area contributed by atoms with Gasteiger partial charge < -0.3 is 14.2 Å². The predicted octanol–water partition coefficient (Wildman–Crippen LogP) is 3.35. The number of methoxy groups -OCH3 is 1. The molecule has 0 amide bonds. The third kappa shape index (κ3) is 4.54.